The molecule has 20 heavy (non-hydrogen) atoms. The minimum atomic E-state index is -0.169. The van der Waals surface area contributed by atoms with Crippen LogP contribution in [-0.2, 0) is 21.0 Å². The van der Waals surface area contributed by atoms with Gasteiger partial charge in [0.1, 0.15) is 6.61 Å². The molecule has 1 unspecified atom stereocenters. The summed E-state index contributed by atoms with van der Waals surface area (Å²) in [5, 5.41) is 3.90. The summed E-state index contributed by atoms with van der Waals surface area (Å²) in [4.78, 5) is 17.0. The van der Waals surface area contributed by atoms with Gasteiger partial charge in [-0.2, -0.15) is 0 Å². The van der Waals surface area contributed by atoms with Gasteiger partial charge in [0.15, 0.2) is 0 Å². The number of hydrogen-bond acceptors (Lipinski definition) is 4. The Bertz CT molecular complexity index is 415. The summed E-state index contributed by atoms with van der Waals surface area (Å²) in [6.07, 6.45) is 2.18. The third-order valence-electron chi connectivity index (χ3n) is 2.98. The maximum Gasteiger partial charge on any atom is 0.309 e. The predicted molar refractivity (Wildman–Crippen MR) is 79.3 cm³/mol. The van der Waals surface area contributed by atoms with E-state index in [1.54, 1.807) is 6.21 Å². The van der Waals surface area contributed by atoms with Crippen LogP contribution in [0.2, 0.25) is 0 Å². The maximum atomic E-state index is 11.7. The van der Waals surface area contributed by atoms with E-state index in [0.29, 0.717) is 19.6 Å². The Balaban J connectivity index is 2.35. The van der Waals surface area contributed by atoms with Crippen LogP contribution >= 0.6 is 0 Å². The third-order valence-corrected chi connectivity index (χ3v) is 2.98. The van der Waals surface area contributed by atoms with E-state index in [-0.39, 0.29) is 17.8 Å². The highest BCUT2D eigenvalue weighted by atomic mass is 16.6. The number of hydrogen-bond donors (Lipinski definition) is 0. The summed E-state index contributed by atoms with van der Waals surface area (Å²) in [6, 6.07) is 9.82. The molecule has 4 nitrogen and oxygen atoms in total. The van der Waals surface area contributed by atoms with Crippen molar-refractivity contribution < 1.29 is 14.4 Å². The van der Waals surface area contributed by atoms with Crippen molar-refractivity contribution in [3.05, 3.63) is 35.9 Å². The van der Waals surface area contributed by atoms with E-state index in [9.17, 15) is 4.79 Å². The number of nitrogens with zero attached hydrogens (tertiary/aromatic N) is 1. The fourth-order valence-corrected chi connectivity index (χ4v) is 1.79. The smallest absolute Gasteiger partial charge is 0.309 e. The number of rotatable bonds is 8. The van der Waals surface area contributed by atoms with E-state index in [1.807, 2.05) is 51.1 Å². The molecule has 0 saturated heterocycles. The molecule has 1 aromatic carbocycles. The Morgan fingerprint density at radius 3 is 2.60 bits per heavy atom. The fraction of sp³-hybridized carbons (Fsp3) is 0.500. The first-order chi connectivity index (χ1) is 9.65. The molecule has 1 rings (SSSR count). The maximum absolute atomic E-state index is 11.7. The molecule has 0 heterocycles. The fourth-order valence-electron chi connectivity index (χ4n) is 1.79. The van der Waals surface area contributed by atoms with Gasteiger partial charge in [-0.1, -0.05) is 49.3 Å². The van der Waals surface area contributed by atoms with Crippen LogP contribution in [0.15, 0.2) is 35.5 Å². The zero-order valence-electron chi connectivity index (χ0n) is 12.4. The number of carbonyl (C=O) groups is 1. The predicted octanol–water partition coefficient (Wildman–Crippen LogP) is 3.41. The van der Waals surface area contributed by atoms with Gasteiger partial charge in [-0.05, 0) is 24.8 Å². The molecule has 0 spiro atoms. The molecule has 0 aromatic heterocycles. The monoisotopic (exact) mass is 277 g/mol. The summed E-state index contributed by atoms with van der Waals surface area (Å²) < 4.78 is 5.05. The van der Waals surface area contributed by atoms with Crippen molar-refractivity contribution in [2.24, 2.45) is 17.0 Å². The number of oxime groups is 1. The van der Waals surface area contributed by atoms with Crippen LogP contribution in [0, 0.1) is 11.8 Å². The lowest BCUT2D eigenvalue weighted by atomic mass is 9.93. The van der Waals surface area contributed by atoms with Crippen LogP contribution in [0.1, 0.15) is 32.8 Å². The molecule has 0 fully saturated rings. The molecule has 0 radical (unpaired) electrons. The Morgan fingerprint density at radius 1 is 1.30 bits per heavy atom. The highest BCUT2D eigenvalue weighted by molar-refractivity contribution is 5.76. The lowest BCUT2D eigenvalue weighted by Gasteiger charge is -2.16. The molecule has 1 aromatic rings. The Morgan fingerprint density at radius 2 is 2.00 bits per heavy atom. The SMILES string of the molecule is CCOC(=O)C(C/C=N\OCc1ccccc1)C(C)C. The Hall–Kier alpha value is -1.84. The van der Waals surface area contributed by atoms with E-state index >= 15 is 0 Å². The summed E-state index contributed by atoms with van der Waals surface area (Å²) >= 11 is 0. The number of carbonyl (C=O) groups excluding carboxylic acids is 1. The van der Waals surface area contributed by atoms with Crippen molar-refractivity contribution in [3.8, 4) is 0 Å². The lowest BCUT2D eigenvalue weighted by molar-refractivity contribution is -0.149. The van der Waals surface area contributed by atoms with E-state index in [1.165, 1.54) is 0 Å². The normalized spacial score (nSPS) is 12.6. The largest absolute Gasteiger partial charge is 0.466 e. The van der Waals surface area contributed by atoms with Crippen LogP contribution in [0.25, 0.3) is 0 Å². The lowest BCUT2D eigenvalue weighted by Crippen LogP contribution is -2.23. The molecular weight excluding hydrogens is 254 g/mol. The molecule has 0 bridgehead atoms. The standard InChI is InChI=1S/C16H23NO3/c1-4-19-16(18)15(13(2)3)10-11-17-20-12-14-8-6-5-7-9-14/h5-9,11,13,15H,4,10,12H2,1-3H3/b17-11-. The average Bonchev–Trinajstić information content (AvgIpc) is 2.43. The molecule has 0 aliphatic heterocycles. The number of benzene rings is 1. The first-order valence-corrected chi connectivity index (χ1v) is 6.99. The van der Waals surface area contributed by atoms with Gasteiger partial charge < -0.3 is 9.57 Å². The van der Waals surface area contributed by atoms with Gasteiger partial charge in [-0.3, -0.25) is 4.79 Å². The molecule has 0 saturated carbocycles. The van der Waals surface area contributed by atoms with Gasteiger partial charge in [0, 0.05) is 6.21 Å². The zero-order valence-corrected chi connectivity index (χ0v) is 12.4. The molecule has 0 aliphatic carbocycles. The average molecular weight is 277 g/mol. The van der Waals surface area contributed by atoms with Gasteiger partial charge in [-0.25, -0.2) is 0 Å². The van der Waals surface area contributed by atoms with Gasteiger partial charge in [0.2, 0.25) is 0 Å². The quantitative estimate of drug-likeness (QED) is 0.415. The van der Waals surface area contributed by atoms with E-state index < -0.39 is 0 Å². The van der Waals surface area contributed by atoms with Crippen molar-refractivity contribution in [2.45, 2.75) is 33.8 Å². The summed E-state index contributed by atoms with van der Waals surface area (Å²) in [5.74, 6) is -0.120. The molecule has 1 atom stereocenters. The van der Waals surface area contributed by atoms with E-state index in [2.05, 4.69) is 5.16 Å². The molecule has 0 aliphatic rings. The first-order valence-electron chi connectivity index (χ1n) is 6.99. The second-order valence-corrected chi connectivity index (χ2v) is 4.89. The molecule has 0 N–H and O–H groups in total. The van der Waals surface area contributed by atoms with Crippen LogP contribution in [0.5, 0.6) is 0 Å². The summed E-state index contributed by atoms with van der Waals surface area (Å²) in [5.41, 5.74) is 1.07. The minimum absolute atomic E-state index is 0.168. The van der Waals surface area contributed by atoms with Gasteiger partial charge >= 0.3 is 5.97 Å². The molecule has 0 amide bonds. The van der Waals surface area contributed by atoms with Gasteiger partial charge in [-0.15, -0.1) is 0 Å². The number of ether oxygens (including phenoxy) is 1. The number of esters is 1. The van der Waals surface area contributed by atoms with Crippen LogP contribution in [0.4, 0.5) is 0 Å². The third kappa shape index (κ3) is 5.87. The van der Waals surface area contributed by atoms with Crippen molar-refractivity contribution in [1.29, 1.82) is 0 Å². The van der Waals surface area contributed by atoms with E-state index in [0.717, 1.165) is 5.56 Å². The van der Waals surface area contributed by atoms with Crippen LogP contribution in [-0.4, -0.2) is 18.8 Å². The topological polar surface area (TPSA) is 47.9 Å². The molecule has 4 heteroatoms. The highest BCUT2D eigenvalue weighted by Gasteiger charge is 2.22. The van der Waals surface area contributed by atoms with Crippen molar-refractivity contribution in [2.75, 3.05) is 6.61 Å². The Kier molecular flexibility index (Phi) is 7.40. The van der Waals surface area contributed by atoms with Gasteiger partial charge in [0.05, 0.1) is 12.5 Å². The van der Waals surface area contributed by atoms with Crippen molar-refractivity contribution in [3.63, 3.8) is 0 Å². The minimum Gasteiger partial charge on any atom is -0.466 e. The summed E-state index contributed by atoms with van der Waals surface area (Å²) in [7, 11) is 0. The Labute approximate surface area is 120 Å². The molecular formula is C16H23NO3. The van der Waals surface area contributed by atoms with Gasteiger partial charge in [0.25, 0.3) is 0 Å². The van der Waals surface area contributed by atoms with E-state index in [4.69, 9.17) is 9.57 Å². The van der Waals surface area contributed by atoms with Crippen LogP contribution < -0.4 is 0 Å². The van der Waals surface area contributed by atoms with Crippen molar-refractivity contribution >= 4 is 12.2 Å². The highest BCUT2D eigenvalue weighted by Crippen LogP contribution is 2.16. The molecule has 110 valence electrons. The van der Waals surface area contributed by atoms with Crippen molar-refractivity contribution in [1.82, 2.24) is 0 Å². The second kappa shape index (κ2) is 9.13. The summed E-state index contributed by atoms with van der Waals surface area (Å²) in [6.45, 7) is 6.65. The zero-order chi connectivity index (χ0) is 14.8. The van der Waals surface area contributed by atoms with Crippen LogP contribution in [0.3, 0.4) is 0 Å². The first kappa shape index (κ1) is 16.2. The second-order valence-electron chi connectivity index (χ2n) is 4.89.